The van der Waals surface area contributed by atoms with Gasteiger partial charge in [-0.2, -0.15) is 0 Å². The van der Waals surface area contributed by atoms with Crippen molar-refractivity contribution in [2.45, 2.75) is 66.1 Å². The van der Waals surface area contributed by atoms with E-state index < -0.39 is 5.60 Å². The van der Waals surface area contributed by atoms with Crippen molar-refractivity contribution in [2.24, 2.45) is 10.8 Å². The second kappa shape index (κ2) is 3.74. The number of hydrogen-bond acceptors (Lipinski definition) is 2. The zero-order chi connectivity index (χ0) is 11.9. The van der Waals surface area contributed by atoms with Crippen molar-refractivity contribution in [1.82, 2.24) is 0 Å². The third-order valence-electron chi connectivity index (χ3n) is 3.68. The Morgan fingerprint density at radius 3 is 1.73 bits per heavy atom. The molecule has 0 aromatic heterocycles. The molecule has 0 saturated carbocycles. The second-order valence-electron chi connectivity index (χ2n) is 6.77. The highest BCUT2D eigenvalue weighted by molar-refractivity contribution is 5.05. The summed E-state index contributed by atoms with van der Waals surface area (Å²) in [5.41, 5.74) is -1.10. The third-order valence-corrected chi connectivity index (χ3v) is 3.68. The first-order valence-electron chi connectivity index (χ1n) is 5.94. The van der Waals surface area contributed by atoms with E-state index in [1.807, 2.05) is 0 Å². The molecule has 0 aromatic rings. The van der Waals surface area contributed by atoms with Gasteiger partial charge in [0.1, 0.15) is 5.60 Å². The van der Waals surface area contributed by atoms with Crippen LogP contribution in [0.4, 0.5) is 0 Å². The molecule has 2 nitrogen and oxygen atoms in total. The van der Waals surface area contributed by atoms with Crippen molar-refractivity contribution >= 4 is 0 Å². The Morgan fingerprint density at radius 2 is 1.47 bits per heavy atom. The lowest BCUT2D eigenvalue weighted by Crippen LogP contribution is -2.60. The molecule has 0 bridgehead atoms. The van der Waals surface area contributed by atoms with Gasteiger partial charge in [0, 0.05) is 6.61 Å². The maximum Gasteiger partial charge on any atom is 0.100 e. The van der Waals surface area contributed by atoms with Crippen LogP contribution in [0, 0.1) is 10.8 Å². The molecule has 1 fully saturated rings. The minimum atomic E-state index is -0.767. The van der Waals surface area contributed by atoms with E-state index >= 15 is 0 Å². The van der Waals surface area contributed by atoms with Gasteiger partial charge in [0.2, 0.25) is 0 Å². The van der Waals surface area contributed by atoms with Crippen molar-refractivity contribution in [2.75, 3.05) is 6.61 Å². The van der Waals surface area contributed by atoms with Gasteiger partial charge >= 0.3 is 0 Å². The maximum atomic E-state index is 11.1. The van der Waals surface area contributed by atoms with Crippen molar-refractivity contribution in [3.8, 4) is 0 Å². The normalized spacial score (nSPS) is 24.6. The standard InChI is InChI=1S/C13H26O2/c1-11(2,3)13(14,12(4,5)6)10-8-7-9-15-10/h10,14H,7-9H2,1-6H3. The smallest absolute Gasteiger partial charge is 0.100 e. The molecule has 1 aliphatic heterocycles. The summed E-state index contributed by atoms with van der Waals surface area (Å²) in [5.74, 6) is 0. The molecule has 0 radical (unpaired) electrons. The van der Waals surface area contributed by atoms with E-state index in [1.54, 1.807) is 0 Å². The largest absolute Gasteiger partial charge is 0.386 e. The highest BCUT2D eigenvalue weighted by atomic mass is 16.5. The van der Waals surface area contributed by atoms with Crippen LogP contribution in [-0.2, 0) is 4.74 Å². The molecule has 1 rings (SSSR count). The van der Waals surface area contributed by atoms with E-state index in [-0.39, 0.29) is 16.9 Å². The third kappa shape index (κ3) is 2.07. The zero-order valence-corrected chi connectivity index (χ0v) is 11.1. The lowest BCUT2D eigenvalue weighted by Gasteiger charge is -2.52. The molecule has 2 heteroatoms. The maximum absolute atomic E-state index is 11.1. The van der Waals surface area contributed by atoms with Gasteiger partial charge in [0.05, 0.1) is 6.10 Å². The van der Waals surface area contributed by atoms with Crippen LogP contribution in [0.5, 0.6) is 0 Å². The van der Waals surface area contributed by atoms with Crippen LogP contribution in [-0.4, -0.2) is 23.4 Å². The van der Waals surface area contributed by atoms with Gasteiger partial charge in [-0.15, -0.1) is 0 Å². The molecule has 1 aliphatic rings. The topological polar surface area (TPSA) is 29.5 Å². The fourth-order valence-corrected chi connectivity index (χ4v) is 3.00. The lowest BCUT2D eigenvalue weighted by molar-refractivity contribution is -0.204. The van der Waals surface area contributed by atoms with Crippen LogP contribution in [0.1, 0.15) is 54.4 Å². The van der Waals surface area contributed by atoms with E-state index in [2.05, 4.69) is 41.5 Å². The van der Waals surface area contributed by atoms with Gasteiger partial charge in [-0.05, 0) is 23.7 Å². The highest BCUT2D eigenvalue weighted by Gasteiger charge is 2.55. The molecule has 1 heterocycles. The molecule has 1 atom stereocenters. The van der Waals surface area contributed by atoms with E-state index in [0.717, 1.165) is 19.4 Å². The van der Waals surface area contributed by atoms with Gasteiger partial charge in [0.25, 0.3) is 0 Å². The minimum Gasteiger partial charge on any atom is -0.386 e. The summed E-state index contributed by atoms with van der Waals surface area (Å²) in [6.07, 6.45) is 2.03. The molecule has 0 spiro atoms. The minimum absolute atomic E-state index is 0.0162. The number of hydrogen-bond donors (Lipinski definition) is 1. The van der Waals surface area contributed by atoms with E-state index in [1.165, 1.54) is 0 Å². The molecule has 0 aromatic carbocycles. The van der Waals surface area contributed by atoms with Gasteiger partial charge in [0.15, 0.2) is 0 Å². The summed E-state index contributed by atoms with van der Waals surface area (Å²) in [4.78, 5) is 0. The fraction of sp³-hybridized carbons (Fsp3) is 1.00. The van der Waals surface area contributed by atoms with Gasteiger partial charge in [-0.25, -0.2) is 0 Å². The van der Waals surface area contributed by atoms with Crippen molar-refractivity contribution < 1.29 is 9.84 Å². The van der Waals surface area contributed by atoms with Gasteiger partial charge in [-0.1, -0.05) is 41.5 Å². The summed E-state index contributed by atoms with van der Waals surface area (Å²) in [6.45, 7) is 13.4. The Kier molecular flexibility index (Phi) is 3.24. The SMILES string of the molecule is CC(C)(C)C(O)(C1CCCO1)C(C)(C)C. The fourth-order valence-electron chi connectivity index (χ4n) is 3.00. The molecule has 1 saturated heterocycles. The molecule has 0 amide bonds. The predicted molar refractivity (Wildman–Crippen MR) is 62.8 cm³/mol. The molecule has 1 unspecified atom stereocenters. The van der Waals surface area contributed by atoms with Crippen molar-refractivity contribution in [3.63, 3.8) is 0 Å². The first kappa shape index (κ1) is 13.0. The van der Waals surface area contributed by atoms with Crippen LogP contribution in [0.2, 0.25) is 0 Å². The average Bonchev–Trinajstić information content (AvgIpc) is 2.49. The number of ether oxygens (including phenoxy) is 1. The monoisotopic (exact) mass is 214 g/mol. The molecular weight excluding hydrogens is 188 g/mol. The second-order valence-corrected chi connectivity index (χ2v) is 6.77. The van der Waals surface area contributed by atoms with Crippen LogP contribution in [0.15, 0.2) is 0 Å². The van der Waals surface area contributed by atoms with Crippen LogP contribution < -0.4 is 0 Å². The van der Waals surface area contributed by atoms with Crippen LogP contribution in [0.3, 0.4) is 0 Å². The average molecular weight is 214 g/mol. The zero-order valence-electron chi connectivity index (χ0n) is 11.1. The van der Waals surface area contributed by atoms with E-state index in [4.69, 9.17) is 4.74 Å². The van der Waals surface area contributed by atoms with Crippen molar-refractivity contribution in [1.29, 1.82) is 0 Å². The molecule has 15 heavy (non-hydrogen) atoms. The van der Waals surface area contributed by atoms with Gasteiger partial charge < -0.3 is 9.84 Å². The Labute approximate surface area is 94.0 Å². The highest BCUT2D eigenvalue weighted by Crippen LogP contribution is 2.49. The summed E-state index contributed by atoms with van der Waals surface area (Å²) < 4.78 is 5.72. The van der Waals surface area contributed by atoms with E-state index in [0.29, 0.717) is 0 Å². The Balaban J connectivity index is 3.06. The Hall–Kier alpha value is -0.0800. The summed E-state index contributed by atoms with van der Waals surface area (Å²) in [5, 5.41) is 11.1. The summed E-state index contributed by atoms with van der Waals surface area (Å²) >= 11 is 0. The summed E-state index contributed by atoms with van der Waals surface area (Å²) in [6, 6.07) is 0. The molecular formula is C13H26O2. The molecule has 1 N–H and O–H groups in total. The Morgan fingerprint density at radius 1 is 1.00 bits per heavy atom. The van der Waals surface area contributed by atoms with Gasteiger partial charge in [-0.3, -0.25) is 0 Å². The van der Waals surface area contributed by atoms with E-state index in [9.17, 15) is 5.11 Å². The van der Waals surface area contributed by atoms with Crippen LogP contribution >= 0.6 is 0 Å². The Bertz CT molecular complexity index is 200. The first-order chi connectivity index (χ1) is 6.61. The van der Waals surface area contributed by atoms with Crippen LogP contribution in [0.25, 0.3) is 0 Å². The van der Waals surface area contributed by atoms with Crippen molar-refractivity contribution in [3.05, 3.63) is 0 Å². The summed E-state index contributed by atoms with van der Waals surface area (Å²) in [7, 11) is 0. The lowest BCUT2D eigenvalue weighted by atomic mass is 9.59. The predicted octanol–water partition coefficient (Wildman–Crippen LogP) is 2.99. The molecule has 0 aliphatic carbocycles. The molecule has 90 valence electrons. The number of rotatable bonds is 1. The number of aliphatic hydroxyl groups is 1. The first-order valence-corrected chi connectivity index (χ1v) is 5.94. The quantitative estimate of drug-likeness (QED) is 0.727.